The van der Waals surface area contributed by atoms with Crippen LogP contribution >= 0.6 is 27.3 Å². The highest BCUT2D eigenvalue weighted by Gasteiger charge is 2.33. The molecule has 1 aliphatic rings. The smallest absolute Gasteiger partial charge is 0.338 e. The van der Waals surface area contributed by atoms with Gasteiger partial charge in [0.2, 0.25) is 0 Å². The number of methoxy groups -OCH3 is 1. The van der Waals surface area contributed by atoms with E-state index >= 15 is 0 Å². The number of nitrogens with zero attached hydrogens (tertiary/aromatic N) is 3. The number of rotatable bonds is 7. The van der Waals surface area contributed by atoms with Gasteiger partial charge in [0.05, 0.1) is 40.0 Å². The van der Waals surface area contributed by atoms with Gasteiger partial charge < -0.3 is 14.0 Å². The first-order valence-corrected chi connectivity index (χ1v) is 16.6. The van der Waals surface area contributed by atoms with Crippen LogP contribution in [0, 0.1) is 0 Å². The minimum Gasteiger partial charge on any atom is -0.496 e. The zero-order valence-electron chi connectivity index (χ0n) is 25.5. The number of allylic oxidation sites excluding steroid dienone is 1. The maximum Gasteiger partial charge on any atom is 0.338 e. The zero-order chi connectivity index (χ0) is 31.9. The van der Waals surface area contributed by atoms with Crippen LogP contribution in [0.3, 0.4) is 0 Å². The van der Waals surface area contributed by atoms with Crippen molar-refractivity contribution in [2.24, 2.45) is 4.99 Å². The molecule has 0 N–H and O–H groups in total. The second kappa shape index (κ2) is 12.2. The lowest BCUT2D eigenvalue weighted by atomic mass is 9.96. The van der Waals surface area contributed by atoms with Crippen LogP contribution < -0.4 is 19.6 Å². The average molecular weight is 693 g/mol. The molecule has 0 fully saturated rings. The Labute approximate surface area is 277 Å². The Morgan fingerprint density at radius 1 is 1.02 bits per heavy atom. The lowest BCUT2D eigenvalue weighted by Gasteiger charge is -2.25. The van der Waals surface area contributed by atoms with Gasteiger partial charge in [-0.3, -0.25) is 9.36 Å². The van der Waals surface area contributed by atoms with Crippen molar-refractivity contribution in [2.75, 3.05) is 13.7 Å². The number of fused-ring (bicyclic) bond motifs is 3. The standard InChI is InChI=1S/C37H30BrN3O4S/c1-4-45-36(43)33-22(2)39-37-41(34(33)24-16-17-31(44-3)29(38)18-24)35(42)32(46-37)19-26-21-40(30-15-8-7-14-28(26)30)20-25-12-9-11-23-10-5-6-13-27(23)25/h5-19,21,34H,4,20H2,1-3H3/b32-19-/t34-/m1/s1. The fraction of sp³-hybridized carbons (Fsp3) is 0.162. The van der Waals surface area contributed by atoms with Crippen molar-refractivity contribution < 1.29 is 14.3 Å². The van der Waals surface area contributed by atoms with E-state index in [1.54, 1.807) is 25.5 Å². The maximum absolute atomic E-state index is 14.3. The Morgan fingerprint density at radius 3 is 2.57 bits per heavy atom. The van der Waals surface area contributed by atoms with E-state index in [0.29, 0.717) is 37.4 Å². The summed E-state index contributed by atoms with van der Waals surface area (Å²) in [5.41, 5.74) is 4.61. The van der Waals surface area contributed by atoms with E-state index in [9.17, 15) is 9.59 Å². The van der Waals surface area contributed by atoms with Crippen molar-refractivity contribution >= 4 is 61.0 Å². The summed E-state index contributed by atoms with van der Waals surface area (Å²) in [5, 5.41) is 3.47. The third-order valence-electron chi connectivity index (χ3n) is 8.34. The normalized spacial score (nSPS) is 14.9. The third-order valence-corrected chi connectivity index (χ3v) is 9.94. The Kier molecular flexibility index (Phi) is 7.96. The largest absolute Gasteiger partial charge is 0.496 e. The van der Waals surface area contributed by atoms with Gasteiger partial charge in [0.25, 0.3) is 5.56 Å². The van der Waals surface area contributed by atoms with Crippen LogP contribution in [-0.2, 0) is 16.1 Å². The van der Waals surface area contributed by atoms with Gasteiger partial charge in [-0.2, -0.15) is 0 Å². The lowest BCUT2D eigenvalue weighted by molar-refractivity contribution is -0.139. The average Bonchev–Trinajstić information content (AvgIpc) is 3.56. The Morgan fingerprint density at radius 2 is 1.78 bits per heavy atom. The highest BCUT2D eigenvalue weighted by atomic mass is 79.9. The molecule has 0 amide bonds. The summed E-state index contributed by atoms with van der Waals surface area (Å²) in [6.45, 7) is 4.45. The molecule has 46 heavy (non-hydrogen) atoms. The van der Waals surface area contributed by atoms with E-state index in [2.05, 4.69) is 81.3 Å². The first-order valence-electron chi connectivity index (χ1n) is 15.0. The number of thiazole rings is 1. The molecule has 0 radical (unpaired) electrons. The second-order valence-corrected chi connectivity index (χ2v) is 12.9. The Hall–Kier alpha value is -4.73. The van der Waals surface area contributed by atoms with Crippen molar-refractivity contribution in [3.63, 3.8) is 0 Å². The molecule has 0 spiro atoms. The maximum atomic E-state index is 14.3. The molecule has 1 aliphatic heterocycles. The zero-order valence-corrected chi connectivity index (χ0v) is 27.9. The number of benzene rings is 4. The van der Waals surface area contributed by atoms with Crippen LogP contribution in [0.1, 0.15) is 36.6 Å². The van der Waals surface area contributed by atoms with E-state index in [4.69, 9.17) is 14.5 Å². The molecule has 4 aromatic carbocycles. The van der Waals surface area contributed by atoms with Gasteiger partial charge in [-0.25, -0.2) is 9.79 Å². The summed E-state index contributed by atoms with van der Waals surface area (Å²) in [5.74, 6) is 0.154. The van der Waals surface area contributed by atoms with E-state index in [0.717, 1.165) is 22.0 Å². The molecular weight excluding hydrogens is 662 g/mol. The molecule has 7 rings (SSSR count). The molecule has 3 heterocycles. The second-order valence-electron chi connectivity index (χ2n) is 11.1. The highest BCUT2D eigenvalue weighted by Crippen LogP contribution is 2.35. The van der Waals surface area contributed by atoms with Crippen molar-refractivity contribution in [1.82, 2.24) is 9.13 Å². The topological polar surface area (TPSA) is 74.8 Å². The molecule has 6 aromatic rings. The molecule has 0 bridgehead atoms. The van der Waals surface area contributed by atoms with Gasteiger partial charge in [-0.1, -0.05) is 78.1 Å². The Bertz CT molecular complexity index is 2380. The number of carbonyl (C=O) groups excluding carboxylic acids is 1. The number of ether oxygens (including phenoxy) is 2. The molecule has 1 atom stereocenters. The number of para-hydroxylation sites is 1. The molecule has 9 heteroatoms. The van der Waals surface area contributed by atoms with Gasteiger partial charge >= 0.3 is 5.97 Å². The fourth-order valence-electron chi connectivity index (χ4n) is 6.24. The predicted molar refractivity (Wildman–Crippen MR) is 186 cm³/mol. The molecular formula is C37H30BrN3O4S. The minimum absolute atomic E-state index is 0.210. The molecule has 7 nitrogen and oxygen atoms in total. The van der Waals surface area contributed by atoms with Crippen LogP contribution in [-0.4, -0.2) is 28.8 Å². The fourth-order valence-corrected chi connectivity index (χ4v) is 7.83. The number of carbonyl (C=O) groups is 1. The SMILES string of the molecule is CCOC(=O)C1=C(C)N=c2s/c(=C\c3cn(Cc4cccc5ccccc45)c4ccccc34)c(=O)n2[C@@H]1c1ccc(OC)c(Br)c1. The van der Waals surface area contributed by atoms with Crippen LogP contribution in [0.15, 0.2) is 117 Å². The monoisotopic (exact) mass is 691 g/mol. The number of hydrogen-bond donors (Lipinski definition) is 0. The highest BCUT2D eigenvalue weighted by molar-refractivity contribution is 9.10. The van der Waals surface area contributed by atoms with E-state index < -0.39 is 12.0 Å². The molecule has 2 aromatic heterocycles. The summed E-state index contributed by atoms with van der Waals surface area (Å²) >= 11 is 4.89. The summed E-state index contributed by atoms with van der Waals surface area (Å²) in [4.78, 5) is 32.9. The molecule has 0 saturated carbocycles. The van der Waals surface area contributed by atoms with Crippen LogP contribution in [0.25, 0.3) is 27.8 Å². The van der Waals surface area contributed by atoms with Crippen LogP contribution in [0.5, 0.6) is 5.75 Å². The van der Waals surface area contributed by atoms with E-state index in [1.165, 1.54) is 27.7 Å². The molecule has 0 aliphatic carbocycles. The van der Waals surface area contributed by atoms with Crippen molar-refractivity contribution in [2.45, 2.75) is 26.4 Å². The summed E-state index contributed by atoms with van der Waals surface area (Å²) in [6.07, 6.45) is 4.05. The third kappa shape index (κ3) is 5.19. The Balaban J connectivity index is 1.38. The molecule has 0 saturated heterocycles. The predicted octanol–water partition coefficient (Wildman–Crippen LogP) is 6.73. The quantitative estimate of drug-likeness (QED) is 0.174. The van der Waals surface area contributed by atoms with Gasteiger partial charge in [-0.15, -0.1) is 0 Å². The van der Waals surface area contributed by atoms with Crippen molar-refractivity contribution in [3.8, 4) is 5.75 Å². The van der Waals surface area contributed by atoms with Gasteiger partial charge in [0.15, 0.2) is 4.80 Å². The van der Waals surface area contributed by atoms with E-state index in [-0.39, 0.29) is 12.2 Å². The molecule has 0 unspecified atom stereocenters. The lowest BCUT2D eigenvalue weighted by Crippen LogP contribution is -2.39. The number of hydrogen-bond acceptors (Lipinski definition) is 6. The number of aromatic nitrogens is 2. The number of esters is 1. The first-order chi connectivity index (χ1) is 22.4. The summed E-state index contributed by atoms with van der Waals surface area (Å²) in [7, 11) is 1.59. The first kappa shape index (κ1) is 30.0. The van der Waals surface area contributed by atoms with E-state index in [1.807, 2.05) is 36.4 Å². The van der Waals surface area contributed by atoms with Crippen LogP contribution in [0.2, 0.25) is 0 Å². The molecule has 230 valence electrons. The minimum atomic E-state index is -0.715. The summed E-state index contributed by atoms with van der Waals surface area (Å²) in [6, 6.07) is 27.9. The van der Waals surface area contributed by atoms with Gasteiger partial charge in [0, 0.05) is 29.2 Å². The summed E-state index contributed by atoms with van der Waals surface area (Å²) < 4.78 is 16.0. The number of halogens is 1. The van der Waals surface area contributed by atoms with Gasteiger partial charge in [-0.05, 0) is 76.0 Å². The van der Waals surface area contributed by atoms with Gasteiger partial charge in [0.1, 0.15) is 5.75 Å². The van der Waals surface area contributed by atoms with Crippen LogP contribution in [0.4, 0.5) is 0 Å². The van der Waals surface area contributed by atoms with Crippen molar-refractivity contribution in [1.29, 1.82) is 0 Å². The van der Waals surface area contributed by atoms with Crippen molar-refractivity contribution in [3.05, 3.63) is 143 Å².